The molecular weight excluding hydrogens is 502 g/mol. The molecule has 0 aliphatic carbocycles. The molecule has 184 valence electrons. The van der Waals surface area contributed by atoms with E-state index < -0.39 is 41.1 Å². The van der Waals surface area contributed by atoms with E-state index in [1.165, 1.54) is 23.9 Å². The van der Waals surface area contributed by atoms with Crippen LogP contribution in [0.5, 0.6) is 11.5 Å². The predicted octanol–water partition coefficient (Wildman–Crippen LogP) is -1.15. The van der Waals surface area contributed by atoms with Gasteiger partial charge in [0.15, 0.2) is 10.7 Å². The third-order valence-electron chi connectivity index (χ3n) is 5.25. The number of hydrogen-bond acceptors (Lipinski definition) is 11. The SMILES string of the molecule is NC(=O)c1n[nH]nc1SCC1=C(C(=O)O)N2C(=O)C(NC(=O)C(N)c3cc(O)cc(O)c3)[C@@H]2SC1. The van der Waals surface area contributed by atoms with Crippen LogP contribution < -0.4 is 16.8 Å². The molecule has 9 N–H and O–H groups in total. The van der Waals surface area contributed by atoms with Crippen LogP contribution in [0.25, 0.3) is 0 Å². The van der Waals surface area contributed by atoms with Gasteiger partial charge in [-0.15, -0.1) is 22.0 Å². The summed E-state index contributed by atoms with van der Waals surface area (Å²) in [5.74, 6) is -3.68. The smallest absolute Gasteiger partial charge is 0.352 e. The Bertz CT molecular complexity index is 1240. The molecule has 1 fully saturated rings. The van der Waals surface area contributed by atoms with Gasteiger partial charge in [-0.25, -0.2) is 4.79 Å². The van der Waals surface area contributed by atoms with Crippen LogP contribution in [0.15, 0.2) is 34.5 Å². The molecule has 1 saturated heterocycles. The number of aliphatic carboxylic acids is 1. The van der Waals surface area contributed by atoms with Crippen molar-refractivity contribution in [1.82, 2.24) is 25.6 Å². The Morgan fingerprint density at radius 2 is 1.94 bits per heavy atom. The summed E-state index contributed by atoms with van der Waals surface area (Å²) in [6.07, 6.45) is 0. The van der Waals surface area contributed by atoms with Crippen molar-refractivity contribution < 1.29 is 34.5 Å². The van der Waals surface area contributed by atoms with Gasteiger partial charge in [0.25, 0.3) is 11.8 Å². The average Bonchev–Trinajstić information content (AvgIpc) is 3.28. The van der Waals surface area contributed by atoms with E-state index in [2.05, 4.69) is 20.7 Å². The molecule has 1 aromatic carbocycles. The zero-order valence-electron chi connectivity index (χ0n) is 17.7. The predicted molar refractivity (Wildman–Crippen MR) is 122 cm³/mol. The normalized spacial score (nSPS) is 20.1. The molecule has 2 aliphatic rings. The zero-order chi connectivity index (χ0) is 25.4. The Kier molecular flexibility index (Phi) is 6.60. The van der Waals surface area contributed by atoms with Gasteiger partial charge in [-0.3, -0.25) is 19.3 Å². The Labute approximate surface area is 205 Å². The number of aromatic hydroxyl groups is 2. The van der Waals surface area contributed by atoms with Crippen molar-refractivity contribution in [2.24, 2.45) is 11.5 Å². The Morgan fingerprint density at radius 1 is 1.26 bits per heavy atom. The molecule has 3 atom stereocenters. The molecule has 1 aromatic heterocycles. The number of amides is 3. The van der Waals surface area contributed by atoms with Crippen LogP contribution in [0.1, 0.15) is 22.1 Å². The molecule has 3 heterocycles. The monoisotopic (exact) mass is 521 g/mol. The summed E-state index contributed by atoms with van der Waals surface area (Å²) < 4.78 is 0. The van der Waals surface area contributed by atoms with Crippen LogP contribution in [0.4, 0.5) is 0 Å². The molecule has 0 bridgehead atoms. The van der Waals surface area contributed by atoms with Gasteiger partial charge in [-0.2, -0.15) is 5.21 Å². The highest BCUT2D eigenvalue weighted by molar-refractivity contribution is 8.01. The first kappa shape index (κ1) is 24.4. The minimum absolute atomic E-state index is 0.0759. The van der Waals surface area contributed by atoms with Crippen molar-refractivity contribution >= 4 is 47.2 Å². The number of H-pyrrole nitrogens is 1. The lowest BCUT2D eigenvalue weighted by Gasteiger charge is -2.49. The maximum absolute atomic E-state index is 12.8. The highest BCUT2D eigenvalue weighted by Gasteiger charge is 2.54. The Hall–Kier alpha value is -3.76. The number of carboxylic acids is 1. The fourth-order valence-corrected chi connectivity index (χ4v) is 6.04. The first-order valence-electron chi connectivity index (χ1n) is 9.90. The number of thioether (sulfide) groups is 2. The number of nitrogens with zero attached hydrogens (tertiary/aromatic N) is 3. The van der Waals surface area contributed by atoms with Crippen LogP contribution >= 0.6 is 23.5 Å². The fraction of sp³-hybridized carbons (Fsp3) is 0.263. The number of aromatic amines is 1. The van der Waals surface area contributed by atoms with Gasteiger partial charge >= 0.3 is 5.97 Å². The topological polar surface area (TPSA) is 238 Å². The van der Waals surface area contributed by atoms with E-state index in [1.807, 2.05) is 0 Å². The fourth-order valence-electron chi connectivity index (χ4n) is 3.62. The van der Waals surface area contributed by atoms with Gasteiger partial charge in [0, 0.05) is 17.6 Å². The number of nitrogens with two attached hydrogens (primary N) is 2. The number of phenolic OH excluding ortho intramolecular Hbond substituents is 2. The molecule has 0 saturated carbocycles. The van der Waals surface area contributed by atoms with E-state index in [9.17, 15) is 34.5 Å². The number of aromatic nitrogens is 3. The van der Waals surface area contributed by atoms with Gasteiger partial charge in [-0.05, 0) is 23.3 Å². The van der Waals surface area contributed by atoms with Gasteiger partial charge in [0.2, 0.25) is 5.91 Å². The average molecular weight is 522 g/mol. The number of nitrogens with one attached hydrogen (secondary N) is 2. The van der Waals surface area contributed by atoms with E-state index in [4.69, 9.17) is 11.5 Å². The van der Waals surface area contributed by atoms with Crippen molar-refractivity contribution in [2.45, 2.75) is 22.5 Å². The van der Waals surface area contributed by atoms with Crippen molar-refractivity contribution in [3.05, 3.63) is 40.7 Å². The van der Waals surface area contributed by atoms with E-state index >= 15 is 0 Å². The molecule has 2 aliphatic heterocycles. The van der Waals surface area contributed by atoms with E-state index in [1.54, 1.807) is 0 Å². The largest absolute Gasteiger partial charge is 0.508 e. The number of fused-ring (bicyclic) bond motifs is 1. The second kappa shape index (κ2) is 9.47. The number of rotatable bonds is 8. The zero-order valence-corrected chi connectivity index (χ0v) is 19.3. The van der Waals surface area contributed by atoms with E-state index in [-0.39, 0.29) is 45.0 Å². The highest BCUT2D eigenvalue weighted by Crippen LogP contribution is 2.41. The molecule has 0 radical (unpaired) electrons. The third-order valence-corrected chi connectivity index (χ3v) is 7.64. The lowest BCUT2D eigenvalue weighted by Crippen LogP contribution is -2.71. The lowest BCUT2D eigenvalue weighted by atomic mass is 10.0. The van der Waals surface area contributed by atoms with Gasteiger partial charge in [-0.1, -0.05) is 11.8 Å². The molecule has 4 rings (SSSR count). The molecule has 2 aromatic rings. The Balaban J connectivity index is 1.47. The van der Waals surface area contributed by atoms with Crippen molar-refractivity contribution in [3.8, 4) is 11.5 Å². The number of carbonyl (C=O) groups is 4. The van der Waals surface area contributed by atoms with Crippen molar-refractivity contribution in [2.75, 3.05) is 11.5 Å². The molecule has 35 heavy (non-hydrogen) atoms. The van der Waals surface area contributed by atoms with Crippen LogP contribution in [0.2, 0.25) is 0 Å². The van der Waals surface area contributed by atoms with Crippen LogP contribution in [-0.4, -0.2) is 82.2 Å². The molecule has 2 unspecified atom stereocenters. The maximum atomic E-state index is 12.8. The van der Waals surface area contributed by atoms with Crippen molar-refractivity contribution in [1.29, 1.82) is 0 Å². The summed E-state index contributed by atoms with van der Waals surface area (Å²) in [6.45, 7) is 0. The van der Waals surface area contributed by atoms with Crippen LogP contribution in [0.3, 0.4) is 0 Å². The number of benzene rings is 1. The highest BCUT2D eigenvalue weighted by atomic mass is 32.2. The third kappa shape index (κ3) is 4.62. The van der Waals surface area contributed by atoms with Gasteiger partial charge in [0.1, 0.15) is 34.7 Å². The maximum Gasteiger partial charge on any atom is 0.352 e. The summed E-state index contributed by atoms with van der Waals surface area (Å²) in [5.41, 5.74) is 11.4. The molecule has 0 spiro atoms. The first-order valence-corrected chi connectivity index (χ1v) is 11.9. The number of β-lactam (4-membered cyclic amide) rings is 1. The van der Waals surface area contributed by atoms with Gasteiger partial charge < -0.3 is 32.1 Å². The molecule has 3 amide bonds. The first-order chi connectivity index (χ1) is 16.6. The standard InChI is InChI=1S/C19H19N7O7S2/c20-10(6-1-8(27)3-9(28)2-6)15(30)22-12-17(31)26-13(19(32)33)7(5-35-18(12)26)4-34-16-11(14(21)29)23-25-24-16/h1-3,10,12,18,27-28H,4-5,20H2,(H2,21,29)(H,22,30)(H,32,33)(H,23,24,25)/t10?,12?,18-/m0/s1. The van der Waals surface area contributed by atoms with Crippen LogP contribution in [-0.2, 0) is 14.4 Å². The summed E-state index contributed by atoms with van der Waals surface area (Å²) in [5, 5.41) is 40.8. The molecule has 16 heteroatoms. The van der Waals surface area contributed by atoms with E-state index in [0.29, 0.717) is 5.57 Å². The molecular formula is C19H19N7O7S2. The summed E-state index contributed by atoms with van der Waals surface area (Å²) >= 11 is 2.30. The number of carboxylic acid groups (broad SMARTS) is 1. The number of carbonyl (C=O) groups excluding carboxylic acids is 3. The number of hydrogen-bond donors (Lipinski definition) is 7. The van der Waals surface area contributed by atoms with Crippen LogP contribution in [0, 0.1) is 0 Å². The summed E-state index contributed by atoms with van der Waals surface area (Å²) in [7, 11) is 0. The summed E-state index contributed by atoms with van der Waals surface area (Å²) in [6, 6.07) is 1.20. The van der Waals surface area contributed by atoms with Gasteiger partial charge in [0.05, 0.1) is 0 Å². The van der Waals surface area contributed by atoms with Crippen molar-refractivity contribution in [3.63, 3.8) is 0 Å². The Morgan fingerprint density at radius 3 is 2.57 bits per heavy atom. The minimum Gasteiger partial charge on any atom is -0.508 e. The quantitative estimate of drug-likeness (QED) is 0.161. The lowest BCUT2D eigenvalue weighted by molar-refractivity contribution is -0.150. The number of phenols is 2. The molecule has 14 nitrogen and oxygen atoms in total. The summed E-state index contributed by atoms with van der Waals surface area (Å²) in [4.78, 5) is 49.9. The minimum atomic E-state index is -1.31. The second-order valence-corrected chi connectivity index (χ2v) is 9.61. The number of primary amides is 1. The second-order valence-electron chi connectivity index (χ2n) is 7.54. The van der Waals surface area contributed by atoms with E-state index in [0.717, 1.165) is 22.7 Å².